The van der Waals surface area contributed by atoms with Crippen molar-refractivity contribution in [1.29, 1.82) is 0 Å². The van der Waals surface area contributed by atoms with Crippen LogP contribution in [-0.2, 0) is 6.54 Å². The van der Waals surface area contributed by atoms with Crippen LogP contribution in [0.1, 0.15) is 29.5 Å². The monoisotopic (exact) mass is 292 g/mol. The van der Waals surface area contributed by atoms with E-state index in [2.05, 4.69) is 27.1 Å². The molecule has 5 heteroatoms. The third kappa shape index (κ3) is 2.77. The summed E-state index contributed by atoms with van der Waals surface area (Å²) in [5, 5.41) is 3.66. The molecule has 3 aliphatic rings. The van der Waals surface area contributed by atoms with Crippen LogP contribution < -0.4 is 0 Å². The van der Waals surface area contributed by atoms with Crippen LogP contribution >= 0.6 is 11.3 Å². The predicted molar refractivity (Wildman–Crippen MR) is 82.2 cm³/mol. The van der Waals surface area contributed by atoms with Gasteiger partial charge in [0.15, 0.2) is 0 Å². The molecule has 0 atom stereocenters. The van der Waals surface area contributed by atoms with E-state index in [4.69, 9.17) is 4.98 Å². The molecule has 1 aromatic heterocycles. The Labute approximate surface area is 125 Å². The molecule has 0 unspecified atom stereocenters. The standard InChI is InChI=1S/C15H24N4S/c1-17-4-6-19(7-5-17)14-9-18(10-14)8-13-11-20-15(16-13)12-2-3-12/h11-12,14H,2-10H2,1H3. The molecular formula is C15H24N4S. The number of rotatable bonds is 4. The number of likely N-dealkylation sites (N-methyl/N-ethyl adjacent to an activating group) is 1. The Hall–Kier alpha value is -0.490. The van der Waals surface area contributed by atoms with Gasteiger partial charge in [0, 0.05) is 63.2 Å². The molecule has 0 aromatic carbocycles. The van der Waals surface area contributed by atoms with Crippen LogP contribution in [0.4, 0.5) is 0 Å². The molecule has 2 saturated heterocycles. The van der Waals surface area contributed by atoms with Gasteiger partial charge in [-0.05, 0) is 19.9 Å². The van der Waals surface area contributed by atoms with Crippen molar-refractivity contribution in [2.75, 3.05) is 46.3 Å². The Kier molecular flexibility index (Phi) is 3.54. The lowest BCUT2D eigenvalue weighted by atomic mass is 10.1. The van der Waals surface area contributed by atoms with E-state index in [0.29, 0.717) is 0 Å². The second-order valence-electron chi connectivity index (χ2n) is 6.64. The molecule has 1 saturated carbocycles. The minimum Gasteiger partial charge on any atom is -0.304 e. The van der Waals surface area contributed by atoms with Crippen LogP contribution in [0.2, 0.25) is 0 Å². The van der Waals surface area contributed by atoms with Gasteiger partial charge in [-0.25, -0.2) is 4.98 Å². The molecular weight excluding hydrogens is 268 g/mol. The van der Waals surface area contributed by atoms with Crippen LogP contribution in [-0.4, -0.2) is 72.0 Å². The van der Waals surface area contributed by atoms with Crippen molar-refractivity contribution in [2.45, 2.75) is 31.3 Å². The van der Waals surface area contributed by atoms with Gasteiger partial charge in [0.2, 0.25) is 0 Å². The smallest absolute Gasteiger partial charge is 0.0959 e. The van der Waals surface area contributed by atoms with Gasteiger partial charge in [0.05, 0.1) is 10.7 Å². The minimum absolute atomic E-state index is 0.797. The largest absolute Gasteiger partial charge is 0.304 e. The molecule has 0 amide bonds. The van der Waals surface area contributed by atoms with Crippen LogP contribution in [0.15, 0.2) is 5.38 Å². The molecule has 0 spiro atoms. The maximum atomic E-state index is 4.80. The third-order valence-electron chi connectivity index (χ3n) is 4.87. The Bertz CT molecular complexity index is 456. The Morgan fingerprint density at radius 1 is 1.20 bits per heavy atom. The first-order chi connectivity index (χ1) is 9.78. The van der Waals surface area contributed by atoms with Crippen molar-refractivity contribution in [3.05, 3.63) is 16.1 Å². The lowest BCUT2D eigenvalue weighted by Crippen LogP contribution is -2.62. The fourth-order valence-electron chi connectivity index (χ4n) is 3.23. The quantitative estimate of drug-likeness (QED) is 0.838. The molecule has 1 aliphatic carbocycles. The summed E-state index contributed by atoms with van der Waals surface area (Å²) in [4.78, 5) is 12.5. The predicted octanol–water partition coefficient (Wildman–Crippen LogP) is 1.45. The van der Waals surface area contributed by atoms with Gasteiger partial charge >= 0.3 is 0 Å². The van der Waals surface area contributed by atoms with Crippen molar-refractivity contribution in [3.8, 4) is 0 Å². The summed E-state index contributed by atoms with van der Waals surface area (Å²) in [6.07, 6.45) is 2.73. The Morgan fingerprint density at radius 2 is 1.95 bits per heavy atom. The van der Waals surface area contributed by atoms with Crippen LogP contribution in [0.5, 0.6) is 0 Å². The van der Waals surface area contributed by atoms with Gasteiger partial charge in [-0.15, -0.1) is 11.3 Å². The molecule has 3 heterocycles. The SMILES string of the molecule is CN1CCN(C2CN(Cc3csc(C4CC4)n3)C2)CC1. The molecule has 4 rings (SSSR count). The zero-order valence-corrected chi connectivity index (χ0v) is 13.1. The zero-order valence-electron chi connectivity index (χ0n) is 12.3. The topological polar surface area (TPSA) is 22.6 Å². The average molecular weight is 292 g/mol. The molecule has 4 nitrogen and oxygen atoms in total. The fourth-order valence-corrected chi connectivity index (χ4v) is 4.21. The van der Waals surface area contributed by atoms with E-state index in [1.165, 1.54) is 62.8 Å². The maximum Gasteiger partial charge on any atom is 0.0959 e. The first kappa shape index (κ1) is 13.2. The Morgan fingerprint density at radius 3 is 2.65 bits per heavy atom. The highest BCUT2D eigenvalue weighted by molar-refractivity contribution is 7.09. The van der Waals surface area contributed by atoms with E-state index >= 15 is 0 Å². The highest BCUT2D eigenvalue weighted by atomic mass is 32.1. The molecule has 0 bridgehead atoms. The summed E-state index contributed by atoms with van der Waals surface area (Å²) in [5.74, 6) is 0.809. The number of hydrogen-bond acceptors (Lipinski definition) is 5. The number of piperazine rings is 1. The van der Waals surface area contributed by atoms with Gasteiger partial charge in [-0.3, -0.25) is 9.80 Å². The first-order valence-electron chi connectivity index (χ1n) is 7.87. The second-order valence-corrected chi connectivity index (χ2v) is 7.53. The summed E-state index contributed by atoms with van der Waals surface area (Å²) in [7, 11) is 2.23. The lowest BCUT2D eigenvalue weighted by molar-refractivity contribution is 0.00494. The average Bonchev–Trinajstić information content (AvgIpc) is 3.15. The molecule has 2 aliphatic heterocycles. The van der Waals surface area contributed by atoms with E-state index < -0.39 is 0 Å². The number of nitrogens with zero attached hydrogens (tertiary/aromatic N) is 4. The van der Waals surface area contributed by atoms with E-state index in [-0.39, 0.29) is 0 Å². The van der Waals surface area contributed by atoms with E-state index in [1.54, 1.807) is 0 Å². The summed E-state index contributed by atoms with van der Waals surface area (Å²) in [6, 6.07) is 0.797. The minimum atomic E-state index is 0.797. The molecule has 0 N–H and O–H groups in total. The fraction of sp³-hybridized carbons (Fsp3) is 0.800. The van der Waals surface area contributed by atoms with Gasteiger partial charge < -0.3 is 4.90 Å². The summed E-state index contributed by atoms with van der Waals surface area (Å²) in [5.41, 5.74) is 1.30. The molecule has 3 fully saturated rings. The second kappa shape index (κ2) is 5.37. The Balaban J connectivity index is 1.24. The summed E-state index contributed by atoms with van der Waals surface area (Å²) < 4.78 is 0. The number of thiazole rings is 1. The van der Waals surface area contributed by atoms with Crippen molar-refractivity contribution in [2.24, 2.45) is 0 Å². The highest BCUT2D eigenvalue weighted by Crippen LogP contribution is 2.41. The van der Waals surface area contributed by atoms with Crippen LogP contribution in [0, 0.1) is 0 Å². The number of likely N-dealkylation sites (tertiary alicyclic amines) is 1. The maximum absolute atomic E-state index is 4.80. The number of hydrogen-bond donors (Lipinski definition) is 0. The first-order valence-corrected chi connectivity index (χ1v) is 8.75. The van der Waals surface area contributed by atoms with Gasteiger partial charge in [0.25, 0.3) is 0 Å². The van der Waals surface area contributed by atoms with Crippen LogP contribution in [0.3, 0.4) is 0 Å². The number of aromatic nitrogens is 1. The molecule has 20 heavy (non-hydrogen) atoms. The normalized spacial score (nSPS) is 26.9. The van der Waals surface area contributed by atoms with Gasteiger partial charge in [-0.2, -0.15) is 0 Å². The van der Waals surface area contributed by atoms with Gasteiger partial charge in [0.1, 0.15) is 0 Å². The van der Waals surface area contributed by atoms with E-state index in [9.17, 15) is 0 Å². The van der Waals surface area contributed by atoms with Gasteiger partial charge in [-0.1, -0.05) is 0 Å². The van der Waals surface area contributed by atoms with Crippen LogP contribution in [0.25, 0.3) is 0 Å². The third-order valence-corrected chi connectivity index (χ3v) is 5.93. The van der Waals surface area contributed by atoms with Crippen molar-refractivity contribution < 1.29 is 0 Å². The summed E-state index contributed by atoms with van der Waals surface area (Å²) >= 11 is 1.87. The zero-order chi connectivity index (χ0) is 13.5. The molecule has 1 aromatic rings. The highest BCUT2D eigenvalue weighted by Gasteiger charge is 2.33. The lowest BCUT2D eigenvalue weighted by Gasteiger charge is -2.47. The van der Waals surface area contributed by atoms with E-state index in [1.807, 2.05) is 11.3 Å². The van der Waals surface area contributed by atoms with Crippen molar-refractivity contribution >= 4 is 11.3 Å². The van der Waals surface area contributed by atoms with E-state index in [0.717, 1.165) is 18.5 Å². The van der Waals surface area contributed by atoms with Crippen molar-refractivity contribution in [3.63, 3.8) is 0 Å². The molecule has 0 radical (unpaired) electrons. The summed E-state index contributed by atoms with van der Waals surface area (Å²) in [6.45, 7) is 8.49. The van der Waals surface area contributed by atoms with Crippen molar-refractivity contribution in [1.82, 2.24) is 19.7 Å². The molecule has 110 valence electrons.